The summed E-state index contributed by atoms with van der Waals surface area (Å²) in [5.41, 5.74) is 10.8. The van der Waals surface area contributed by atoms with E-state index in [2.05, 4.69) is 83.1 Å². The van der Waals surface area contributed by atoms with E-state index in [9.17, 15) is 0 Å². The van der Waals surface area contributed by atoms with Gasteiger partial charge in [-0.3, -0.25) is 0 Å². The summed E-state index contributed by atoms with van der Waals surface area (Å²) in [4.78, 5) is 0. The standard InChI is InChI=1S/C27H30O/c1-16(2)21-12-22(17(3)4)14-23(13-21)27-24-11-18(5)7-9-20(24)15-25(27)26-10-8-19(6)28-26/h7-14,16-17H,15H2,1-6H3. The van der Waals surface area contributed by atoms with Crippen LogP contribution in [0.15, 0.2) is 52.9 Å². The van der Waals surface area contributed by atoms with Gasteiger partial charge in [0.2, 0.25) is 0 Å². The molecule has 144 valence electrons. The van der Waals surface area contributed by atoms with Crippen molar-refractivity contribution in [3.05, 3.63) is 93.4 Å². The quantitative estimate of drug-likeness (QED) is 0.459. The van der Waals surface area contributed by atoms with Crippen molar-refractivity contribution in [2.75, 3.05) is 0 Å². The van der Waals surface area contributed by atoms with Gasteiger partial charge in [-0.1, -0.05) is 69.7 Å². The molecule has 1 heterocycles. The molecule has 1 heteroatoms. The van der Waals surface area contributed by atoms with Gasteiger partial charge >= 0.3 is 0 Å². The fraction of sp³-hybridized carbons (Fsp3) is 0.333. The van der Waals surface area contributed by atoms with E-state index in [1.165, 1.54) is 44.5 Å². The van der Waals surface area contributed by atoms with Crippen molar-refractivity contribution in [1.82, 2.24) is 0 Å². The summed E-state index contributed by atoms with van der Waals surface area (Å²) in [6.07, 6.45) is 0.931. The Morgan fingerprint density at radius 3 is 2.04 bits per heavy atom. The largest absolute Gasteiger partial charge is 0.462 e. The Bertz CT molecular complexity index is 1030. The highest BCUT2D eigenvalue weighted by molar-refractivity contribution is 6.03. The lowest BCUT2D eigenvalue weighted by atomic mass is 9.88. The number of aryl methyl sites for hydroxylation is 2. The SMILES string of the molecule is Cc1ccc2c(c1)C(c1cc(C(C)C)cc(C(C)C)c1)=C(c1ccc(C)o1)C2. The van der Waals surface area contributed by atoms with Crippen LogP contribution in [0.5, 0.6) is 0 Å². The molecule has 2 aromatic carbocycles. The van der Waals surface area contributed by atoms with E-state index in [-0.39, 0.29) is 0 Å². The van der Waals surface area contributed by atoms with Crippen molar-refractivity contribution in [1.29, 1.82) is 0 Å². The smallest absolute Gasteiger partial charge is 0.131 e. The van der Waals surface area contributed by atoms with E-state index in [0.717, 1.165) is 17.9 Å². The Hall–Kier alpha value is -2.54. The predicted octanol–water partition coefficient (Wildman–Crippen LogP) is 7.66. The zero-order valence-electron chi connectivity index (χ0n) is 17.9. The molecule has 1 aromatic heterocycles. The highest BCUT2D eigenvalue weighted by Gasteiger charge is 2.26. The van der Waals surface area contributed by atoms with Crippen LogP contribution in [0, 0.1) is 13.8 Å². The summed E-state index contributed by atoms with van der Waals surface area (Å²) in [7, 11) is 0. The van der Waals surface area contributed by atoms with Crippen LogP contribution >= 0.6 is 0 Å². The Labute approximate surface area is 169 Å². The number of hydrogen-bond acceptors (Lipinski definition) is 1. The molecule has 1 aliphatic carbocycles. The normalized spacial score (nSPS) is 13.7. The summed E-state index contributed by atoms with van der Waals surface area (Å²) in [6.45, 7) is 13.3. The molecule has 0 radical (unpaired) electrons. The van der Waals surface area contributed by atoms with Crippen LogP contribution in [0.25, 0.3) is 11.1 Å². The molecule has 28 heavy (non-hydrogen) atoms. The molecule has 4 rings (SSSR count). The summed E-state index contributed by atoms with van der Waals surface area (Å²) in [5, 5.41) is 0. The number of rotatable bonds is 4. The number of hydrogen-bond donors (Lipinski definition) is 0. The monoisotopic (exact) mass is 370 g/mol. The summed E-state index contributed by atoms with van der Waals surface area (Å²) in [5.74, 6) is 2.98. The van der Waals surface area contributed by atoms with E-state index < -0.39 is 0 Å². The van der Waals surface area contributed by atoms with Gasteiger partial charge in [-0.25, -0.2) is 0 Å². The second-order valence-corrected chi connectivity index (χ2v) is 8.80. The molecule has 0 bridgehead atoms. The fourth-order valence-corrected chi connectivity index (χ4v) is 4.14. The average molecular weight is 371 g/mol. The number of allylic oxidation sites excluding steroid dienone is 1. The second-order valence-electron chi connectivity index (χ2n) is 8.80. The van der Waals surface area contributed by atoms with E-state index in [1.807, 2.05) is 6.92 Å². The third kappa shape index (κ3) is 3.35. The first-order valence-electron chi connectivity index (χ1n) is 10.4. The molecule has 0 unspecified atom stereocenters. The Balaban J connectivity index is 1.99. The zero-order chi connectivity index (χ0) is 20.0. The molecule has 0 fully saturated rings. The maximum Gasteiger partial charge on any atom is 0.131 e. The molecule has 1 aliphatic rings. The highest BCUT2D eigenvalue weighted by Crippen LogP contribution is 2.44. The maximum atomic E-state index is 6.08. The second kappa shape index (κ2) is 7.13. The molecule has 0 spiro atoms. The van der Waals surface area contributed by atoms with Crippen LogP contribution in [0.3, 0.4) is 0 Å². The number of furan rings is 1. The topological polar surface area (TPSA) is 13.1 Å². The van der Waals surface area contributed by atoms with Gasteiger partial charge in [0.05, 0.1) is 0 Å². The Kier molecular flexibility index (Phi) is 4.79. The van der Waals surface area contributed by atoms with Crippen molar-refractivity contribution in [2.45, 2.75) is 59.8 Å². The lowest BCUT2D eigenvalue weighted by molar-refractivity contribution is 0.520. The zero-order valence-corrected chi connectivity index (χ0v) is 17.9. The van der Waals surface area contributed by atoms with Crippen molar-refractivity contribution in [2.24, 2.45) is 0 Å². The van der Waals surface area contributed by atoms with Gasteiger partial charge in [-0.05, 0) is 71.2 Å². The molecule has 0 N–H and O–H groups in total. The third-order valence-corrected chi connectivity index (χ3v) is 5.84. The van der Waals surface area contributed by atoms with Crippen molar-refractivity contribution >= 4 is 11.1 Å². The van der Waals surface area contributed by atoms with Crippen LogP contribution in [-0.2, 0) is 6.42 Å². The summed E-state index contributed by atoms with van der Waals surface area (Å²) >= 11 is 0. The molecule has 0 saturated heterocycles. The first-order valence-corrected chi connectivity index (χ1v) is 10.4. The molecule has 0 atom stereocenters. The van der Waals surface area contributed by atoms with E-state index >= 15 is 0 Å². The van der Waals surface area contributed by atoms with Crippen molar-refractivity contribution in [3.63, 3.8) is 0 Å². The minimum absolute atomic E-state index is 0.505. The van der Waals surface area contributed by atoms with Gasteiger partial charge in [0.15, 0.2) is 0 Å². The first kappa shape index (κ1) is 18.8. The van der Waals surface area contributed by atoms with Crippen LogP contribution in [-0.4, -0.2) is 0 Å². The van der Waals surface area contributed by atoms with Crippen LogP contribution in [0.1, 0.15) is 84.4 Å². The molecule has 0 amide bonds. The van der Waals surface area contributed by atoms with Crippen LogP contribution in [0.2, 0.25) is 0 Å². The van der Waals surface area contributed by atoms with Crippen molar-refractivity contribution < 1.29 is 4.42 Å². The lowest BCUT2D eigenvalue weighted by Gasteiger charge is -2.17. The maximum absolute atomic E-state index is 6.08. The van der Waals surface area contributed by atoms with Gasteiger partial charge in [0.1, 0.15) is 11.5 Å². The van der Waals surface area contributed by atoms with E-state index in [0.29, 0.717) is 11.8 Å². The fourth-order valence-electron chi connectivity index (χ4n) is 4.14. The Morgan fingerprint density at radius 1 is 0.786 bits per heavy atom. The van der Waals surface area contributed by atoms with Gasteiger partial charge in [-0.2, -0.15) is 0 Å². The van der Waals surface area contributed by atoms with E-state index in [4.69, 9.17) is 4.42 Å². The minimum Gasteiger partial charge on any atom is -0.462 e. The van der Waals surface area contributed by atoms with Gasteiger partial charge in [0, 0.05) is 12.0 Å². The average Bonchev–Trinajstić information content (AvgIpc) is 3.24. The Morgan fingerprint density at radius 2 is 1.46 bits per heavy atom. The van der Waals surface area contributed by atoms with Gasteiger partial charge in [0.25, 0.3) is 0 Å². The molecular formula is C27H30O. The van der Waals surface area contributed by atoms with Crippen molar-refractivity contribution in [3.8, 4) is 0 Å². The summed E-state index contributed by atoms with van der Waals surface area (Å²) in [6, 6.07) is 18.2. The molecular weight excluding hydrogens is 340 g/mol. The van der Waals surface area contributed by atoms with Crippen LogP contribution < -0.4 is 0 Å². The number of benzene rings is 2. The summed E-state index contributed by atoms with van der Waals surface area (Å²) < 4.78 is 6.08. The molecule has 1 nitrogen and oxygen atoms in total. The minimum atomic E-state index is 0.505. The third-order valence-electron chi connectivity index (χ3n) is 5.84. The van der Waals surface area contributed by atoms with E-state index in [1.54, 1.807) is 0 Å². The lowest BCUT2D eigenvalue weighted by Crippen LogP contribution is -1.98. The molecule has 0 saturated carbocycles. The predicted molar refractivity (Wildman–Crippen MR) is 119 cm³/mol. The highest BCUT2D eigenvalue weighted by atomic mass is 16.3. The van der Waals surface area contributed by atoms with Gasteiger partial charge in [-0.15, -0.1) is 0 Å². The molecule has 3 aromatic rings. The van der Waals surface area contributed by atoms with Gasteiger partial charge < -0.3 is 4.42 Å². The number of fused-ring (bicyclic) bond motifs is 1. The first-order chi connectivity index (χ1) is 13.3. The molecule has 0 aliphatic heterocycles. The van der Waals surface area contributed by atoms with Crippen LogP contribution in [0.4, 0.5) is 0 Å².